The number of carbonyl (C=O) groups excluding carboxylic acids is 1. The van der Waals surface area contributed by atoms with Crippen molar-refractivity contribution in [2.45, 2.75) is 31.2 Å². The maximum Gasteiger partial charge on any atom is 0.251 e. The lowest BCUT2D eigenvalue weighted by Gasteiger charge is -2.14. The molecule has 6 nitrogen and oxygen atoms in total. The Bertz CT molecular complexity index is 536. The van der Waals surface area contributed by atoms with Crippen LogP contribution in [0, 0.1) is 0 Å². The number of hydrogen-bond acceptors (Lipinski definition) is 4. The first kappa shape index (κ1) is 16.6. The number of carbonyl (C=O) groups is 1. The van der Waals surface area contributed by atoms with E-state index in [0.717, 1.165) is 0 Å². The van der Waals surface area contributed by atoms with Gasteiger partial charge in [-0.15, -0.1) is 0 Å². The van der Waals surface area contributed by atoms with Crippen LogP contribution in [0.2, 0.25) is 0 Å². The Morgan fingerprint density at radius 1 is 1.25 bits per heavy atom. The van der Waals surface area contributed by atoms with Gasteiger partial charge in [0, 0.05) is 12.1 Å². The summed E-state index contributed by atoms with van der Waals surface area (Å²) in [6.45, 7) is 3.72. The Morgan fingerprint density at radius 2 is 1.85 bits per heavy atom. The van der Waals surface area contributed by atoms with Crippen molar-refractivity contribution >= 4 is 15.9 Å². The van der Waals surface area contributed by atoms with Crippen molar-refractivity contribution in [2.24, 2.45) is 0 Å². The van der Waals surface area contributed by atoms with Gasteiger partial charge in [0.15, 0.2) is 0 Å². The number of benzene rings is 1. The largest absolute Gasteiger partial charge is 0.394 e. The first-order valence-electron chi connectivity index (χ1n) is 6.46. The van der Waals surface area contributed by atoms with Crippen molar-refractivity contribution in [1.29, 1.82) is 0 Å². The van der Waals surface area contributed by atoms with Gasteiger partial charge in [-0.05, 0) is 30.7 Å². The van der Waals surface area contributed by atoms with Gasteiger partial charge in [-0.1, -0.05) is 13.8 Å². The summed E-state index contributed by atoms with van der Waals surface area (Å²) in [5.74, 6) is -0.335. The number of amides is 1. The maximum atomic E-state index is 11.9. The number of sulfonamides is 1. The van der Waals surface area contributed by atoms with Crippen molar-refractivity contribution < 1.29 is 18.3 Å². The van der Waals surface area contributed by atoms with Crippen LogP contribution < -0.4 is 10.0 Å². The normalized spacial score (nSPS) is 12.9. The molecule has 0 heterocycles. The summed E-state index contributed by atoms with van der Waals surface area (Å²) in [6.07, 6.45) is 0.620. The second kappa shape index (κ2) is 7.37. The van der Waals surface area contributed by atoms with E-state index in [9.17, 15) is 13.2 Å². The molecule has 1 aromatic carbocycles. The van der Waals surface area contributed by atoms with Crippen molar-refractivity contribution in [3.8, 4) is 0 Å². The number of nitrogens with one attached hydrogen (secondary N) is 2. The standard InChI is InChI=1S/C13H20N2O4S/c1-3-11(9-16)15-13(17)10-5-7-12(8-6-10)20(18,19)14-4-2/h5-8,11,14,16H,3-4,9H2,1-2H3,(H,15,17)/t11-/m0/s1. The van der Waals surface area contributed by atoms with Crippen molar-refractivity contribution in [3.05, 3.63) is 29.8 Å². The lowest BCUT2D eigenvalue weighted by Crippen LogP contribution is -2.36. The highest BCUT2D eigenvalue weighted by molar-refractivity contribution is 7.89. The van der Waals surface area contributed by atoms with Crippen molar-refractivity contribution in [1.82, 2.24) is 10.0 Å². The van der Waals surface area contributed by atoms with Gasteiger partial charge in [0.25, 0.3) is 5.91 Å². The van der Waals surface area contributed by atoms with Gasteiger partial charge in [-0.2, -0.15) is 0 Å². The first-order valence-corrected chi connectivity index (χ1v) is 7.94. The third-order valence-electron chi connectivity index (χ3n) is 2.81. The number of rotatable bonds is 7. The lowest BCUT2D eigenvalue weighted by molar-refractivity contribution is 0.0915. The minimum Gasteiger partial charge on any atom is -0.394 e. The zero-order chi connectivity index (χ0) is 15.2. The third kappa shape index (κ3) is 4.29. The molecular formula is C13H20N2O4S. The van der Waals surface area contributed by atoms with Gasteiger partial charge in [-0.3, -0.25) is 4.79 Å². The molecule has 0 spiro atoms. The third-order valence-corrected chi connectivity index (χ3v) is 4.37. The lowest BCUT2D eigenvalue weighted by atomic mass is 10.2. The fourth-order valence-corrected chi connectivity index (χ4v) is 2.65. The van der Waals surface area contributed by atoms with Crippen LogP contribution in [0.15, 0.2) is 29.2 Å². The quantitative estimate of drug-likeness (QED) is 0.683. The van der Waals surface area contributed by atoms with Gasteiger partial charge in [0.1, 0.15) is 0 Å². The molecule has 112 valence electrons. The van der Waals surface area contributed by atoms with E-state index in [1.54, 1.807) is 6.92 Å². The van der Waals surface area contributed by atoms with Gasteiger partial charge in [0.05, 0.1) is 17.5 Å². The Hall–Kier alpha value is -1.44. The summed E-state index contributed by atoms with van der Waals surface area (Å²) in [4.78, 5) is 12.0. The average molecular weight is 300 g/mol. The average Bonchev–Trinajstić information content (AvgIpc) is 2.44. The fraction of sp³-hybridized carbons (Fsp3) is 0.462. The predicted octanol–water partition coefficient (Wildman–Crippen LogP) is 0.485. The molecular weight excluding hydrogens is 280 g/mol. The second-order valence-corrected chi connectivity index (χ2v) is 6.05. The Labute approximate surface area is 119 Å². The summed E-state index contributed by atoms with van der Waals surface area (Å²) in [5, 5.41) is 11.7. The van der Waals surface area contributed by atoms with E-state index in [2.05, 4.69) is 10.0 Å². The Morgan fingerprint density at radius 3 is 2.30 bits per heavy atom. The van der Waals surface area contributed by atoms with E-state index < -0.39 is 10.0 Å². The van der Waals surface area contributed by atoms with Gasteiger partial charge in [-0.25, -0.2) is 13.1 Å². The van der Waals surface area contributed by atoms with E-state index in [0.29, 0.717) is 18.5 Å². The summed E-state index contributed by atoms with van der Waals surface area (Å²) in [7, 11) is -3.51. The van der Waals surface area contributed by atoms with E-state index in [1.807, 2.05) is 6.92 Å². The molecule has 0 saturated carbocycles. The molecule has 0 fully saturated rings. The van der Waals surface area contributed by atoms with E-state index >= 15 is 0 Å². The molecule has 0 aliphatic heterocycles. The van der Waals surface area contributed by atoms with Crippen LogP contribution >= 0.6 is 0 Å². The zero-order valence-corrected chi connectivity index (χ0v) is 12.4. The number of hydrogen-bond donors (Lipinski definition) is 3. The molecule has 0 radical (unpaired) electrons. The Kier molecular flexibility index (Phi) is 6.12. The molecule has 1 aromatic rings. The maximum absolute atomic E-state index is 11.9. The highest BCUT2D eigenvalue weighted by atomic mass is 32.2. The first-order chi connectivity index (χ1) is 9.44. The van der Waals surface area contributed by atoms with Crippen LogP contribution in [0.4, 0.5) is 0 Å². The van der Waals surface area contributed by atoms with E-state index in [1.165, 1.54) is 24.3 Å². The SMILES string of the molecule is CCNS(=O)(=O)c1ccc(C(=O)N[C@@H](CC)CO)cc1. The topological polar surface area (TPSA) is 95.5 Å². The molecule has 0 saturated heterocycles. The molecule has 0 aliphatic carbocycles. The molecule has 1 rings (SSSR count). The zero-order valence-electron chi connectivity index (χ0n) is 11.6. The summed E-state index contributed by atoms with van der Waals surface area (Å²) >= 11 is 0. The molecule has 0 bridgehead atoms. The van der Waals surface area contributed by atoms with Crippen LogP contribution in [0.1, 0.15) is 30.6 Å². The van der Waals surface area contributed by atoms with E-state index in [4.69, 9.17) is 5.11 Å². The van der Waals surface area contributed by atoms with Gasteiger partial charge < -0.3 is 10.4 Å². The predicted molar refractivity (Wildman–Crippen MR) is 75.9 cm³/mol. The molecule has 20 heavy (non-hydrogen) atoms. The molecule has 1 atom stereocenters. The minimum atomic E-state index is -3.51. The van der Waals surface area contributed by atoms with Crippen molar-refractivity contribution in [3.63, 3.8) is 0 Å². The van der Waals surface area contributed by atoms with Crippen LogP contribution in [-0.2, 0) is 10.0 Å². The highest BCUT2D eigenvalue weighted by Crippen LogP contribution is 2.10. The fourth-order valence-electron chi connectivity index (χ4n) is 1.60. The summed E-state index contributed by atoms with van der Waals surface area (Å²) in [6, 6.07) is 5.36. The monoisotopic (exact) mass is 300 g/mol. The smallest absolute Gasteiger partial charge is 0.251 e. The summed E-state index contributed by atoms with van der Waals surface area (Å²) in [5.41, 5.74) is 0.354. The molecule has 0 aromatic heterocycles. The molecule has 3 N–H and O–H groups in total. The molecule has 0 aliphatic rings. The van der Waals surface area contributed by atoms with Crippen LogP contribution in [-0.4, -0.2) is 38.6 Å². The van der Waals surface area contributed by atoms with Crippen LogP contribution in [0.25, 0.3) is 0 Å². The minimum absolute atomic E-state index is 0.116. The number of aliphatic hydroxyl groups is 1. The second-order valence-electron chi connectivity index (χ2n) is 4.29. The van der Waals surface area contributed by atoms with Gasteiger partial charge >= 0.3 is 0 Å². The molecule has 1 amide bonds. The molecule has 0 unspecified atom stereocenters. The van der Waals surface area contributed by atoms with Gasteiger partial charge in [0.2, 0.25) is 10.0 Å². The molecule has 7 heteroatoms. The van der Waals surface area contributed by atoms with Crippen LogP contribution in [0.3, 0.4) is 0 Å². The summed E-state index contributed by atoms with van der Waals surface area (Å²) < 4.78 is 25.9. The number of aliphatic hydroxyl groups excluding tert-OH is 1. The van der Waals surface area contributed by atoms with E-state index in [-0.39, 0.29) is 23.5 Å². The van der Waals surface area contributed by atoms with Crippen LogP contribution in [0.5, 0.6) is 0 Å². The van der Waals surface area contributed by atoms with Crippen molar-refractivity contribution in [2.75, 3.05) is 13.2 Å². The Balaban J connectivity index is 2.84. The highest BCUT2D eigenvalue weighted by Gasteiger charge is 2.15.